The fraction of sp³-hybridized carbons (Fsp3) is 0.435. The molecular formula is C23H26F3N3O2. The van der Waals surface area contributed by atoms with Gasteiger partial charge in [-0.15, -0.1) is 0 Å². The zero-order valence-electron chi connectivity index (χ0n) is 17.1. The van der Waals surface area contributed by atoms with Crippen LogP contribution in [0, 0.1) is 0 Å². The van der Waals surface area contributed by atoms with E-state index in [0.29, 0.717) is 10.5 Å². The van der Waals surface area contributed by atoms with Crippen molar-refractivity contribution in [2.45, 2.75) is 56.8 Å². The van der Waals surface area contributed by atoms with Gasteiger partial charge >= 0.3 is 12.1 Å². The highest BCUT2D eigenvalue weighted by atomic mass is 19.4. The summed E-state index contributed by atoms with van der Waals surface area (Å²) in [6.07, 6.45) is 2.49. The maximum absolute atomic E-state index is 13.5. The third-order valence-electron chi connectivity index (χ3n) is 5.52. The smallest absolute Gasteiger partial charge is 0.351 e. The molecule has 3 rings (SSSR count). The Morgan fingerprint density at radius 2 is 1.68 bits per heavy atom. The number of pyridine rings is 1. The van der Waals surface area contributed by atoms with Crippen molar-refractivity contribution >= 4 is 11.8 Å². The molecule has 0 saturated heterocycles. The number of nitrogens with zero attached hydrogens (tertiary/aromatic N) is 2. The summed E-state index contributed by atoms with van der Waals surface area (Å²) in [7, 11) is 0. The number of hydrogen-bond acceptors (Lipinski definition) is 3. The number of carbonyl (C=O) groups excluding carboxylic acids is 2. The Bertz CT molecular complexity index is 853. The van der Waals surface area contributed by atoms with Gasteiger partial charge in [0.15, 0.2) is 0 Å². The first-order valence-corrected chi connectivity index (χ1v) is 10.5. The summed E-state index contributed by atoms with van der Waals surface area (Å²) in [4.78, 5) is 30.1. The molecule has 1 aromatic heterocycles. The maximum Gasteiger partial charge on any atom is 0.471 e. The summed E-state index contributed by atoms with van der Waals surface area (Å²) in [5.41, 5.74) is 1.08. The Morgan fingerprint density at radius 1 is 1.03 bits per heavy atom. The van der Waals surface area contributed by atoms with Crippen molar-refractivity contribution in [3.8, 4) is 0 Å². The molecule has 0 bridgehead atoms. The number of benzene rings is 1. The van der Waals surface area contributed by atoms with Crippen LogP contribution in [-0.2, 0) is 16.0 Å². The zero-order valence-corrected chi connectivity index (χ0v) is 17.1. The fourth-order valence-corrected chi connectivity index (χ4v) is 3.95. The number of aromatic nitrogens is 1. The van der Waals surface area contributed by atoms with Crippen LogP contribution in [0.2, 0.25) is 0 Å². The van der Waals surface area contributed by atoms with Crippen molar-refractivity contribution in [3.63, 3.8) is 0 Å². The molecule has 1 N–H and O–H groups in total. The first kappa shape index (κ1) is 22.8. The molecule has 0 spiro atoms. The summed E-state index contributed by atoms with van der Waals surface area (Å²) in [5, 5.41) is 2.88. The number of hydrogen-bond donors (Lipinski definition) is 1. The van der Waals surface area contributed by atoms with Crippen LogP contribution in [-0.4, -0.2) is 40.5 Å². The van der Waals surface area contributed by atoms with Crippen molar-refractivity contribution in [1.82, 2.24) is 15.2 Å². The van der Waals surface area contributed by atoms with Crippen LogP contribution in [0.25, 0.3) is 0 Å². The minimum Gasteiger partial charge on any atom is -0.351 e. The molecule has 1 fully saturated rings. The van der Waals surface area contributed by atoms with Gasteiger partial charge in [0.1, 0.15) is 6.04 Å². The highest BCUT2D eigenvalue weighted by Crippen LogP contribution is 2.28. The molecule has 1 atom stereocenters. The molecule has 166 valence electrons. The van der Waals surface area contributed by atoms with Gasteiger partial charge in [0, 0.05) is 25.0 Å². The van der Waals surface area contributed by atoms with Crippen molar-refractivity contribution in [2.24, 2.45) is 0 Å². The van der Waals surface area contributed by atoms with Crippen LogP contribution >= 0.6 is 0 Å². The van der Waals surface area contributed by atoms with E-state index in [1.54, 1.807) is 30.3 Å². The third kappa shape index (κ3) is 6.29. The van der Waals surface area contributed by atoms with Gasteiger partial charge in [0.25, 0.3) is 0 Å². The lowest BCUT2D eigenvalue weighted by molar-refractivity contribution is -0.188. The second-order valence-corrected chi connectivity index (χ2v) is 7.76. The number of rotatable bonds is 7. The summed E-state index contributed by atoms with van der Waals surface area (Å²) in [6, 6.07) is 10.4. The maximum atomic E-state index is 13.5. The van der Waals surface area contributed by atoms with E-state index in [1.165, 1.54) is 24.5 Å². The van der Waals surface area contributed by atoms with Crippen LogP contribution in [0.4, 0.5) is 13.2 Å². The van der Waals surface area contributed by atoms with Gasteiger partial charge in [-0.05, 0) is 42.5 Å². The summed E-state index contributed by atoms with van der Waals surface area (Å²) in [5.74, 6) is -2.62. The van der Waals surface area contributed by atoms with Crippen molar-refractivity contribution in [1.29, 1.82) is 0 Å². The standard InChI is InChI=1S/C23H26F3N3O2/c24-23(25,26)22(31)29(16-13-17-7-3-1-4-8-17)20(18-11-14-27-15-12-18)21(30)28-19-9-5-2-6-10-19/h1,3-4,7-8,11-12,14-15,19-20H,2,5-6,9-10,13,16H2,(H,28,30)/t20-/m1/s1. The van der Waals surface area contributed by atoms with Crippen LogP contribution in [0.1, 0.15) is 49.3 Å². The lowest BCUT2D eigenvalue weighted by Crippen LogP contribution is -2.51. The molecule has 1 heterocycles. The Hall–Kier alpha value is -2.90. The number of alkyl halides is 3. The third-order valence-corrected chi connectivity index (χ3v) is 5.52. The second kappa shape index (κ2) is 10.4. The molecule has 1 aliphatic carbocycles. The summed E-state index contributed by atoms with van der Waals surface area (Å²) < 4.78 is 40.5. The van der Waals surface area contributed by atoms with Gasteiger partial charge in [-0.2, -0.15) is 13.2 Å². The first-order chi connectivity index (χ1) is 14.9. The number of amides is 2. The number of nitrogens with one attached hydrogen (secondary N) is 1. The molecule has 0 unspecified atom stereocenters. The molecule has 5 nitrogen and oxygen atoms in total. The second-order valence-electron chi connectivity index (χ2n) is 7.76. The Kier molecular flexibility index (Phi) is 7.65. The first-order valence-electron chi connectivity index (χ1n) is 10.5. The van der Waals surface area contributed by atoms with Gasteiger partial charge in [0.2, 0.25) is 5.91 Å². The molecule has 2 amide bonds. The highest BCUT2D eigenvalue weighted by molar-refractivity contribution is 5.90. The van der Waals surface area contributed by atoms with Crippen molar-refractivity contribution < 1.29 is 22.8 Å². The van der Waals surface area contributed by atoms with Crippen LogP contribution < -0.4 is 5.32 Å². The quantitative estimate of drug-likeness (QED) is 0.712. The van der Waals surface area contributed by atoms with Crippen LogP contribution in [0.15, 0.2) is 54.9 Å². The Morgan fingerprint density at radius 3 is 2.29 bits per heavy atom. The highest BCUT2D eigenvalue weighted by Gasteiger charge is 2.46. The van der Waals surface area contributed by atoms with Crippen LogP contribution in [0.3, 0.4) is 0 Å². The molecular weight excluding hydrogens is 407 g/mol. The Balaban J connectivity index is 1.90. The predicted octanol–water partition coefficient (Wildman–Crippen LogP) is 4.21. The number of carbonyl (C=O) groups is 2. The topological polar surface area (TPSA) is 62.3 Å². The lowest BCUT2D eigenvalue weighted by atomic mass is 9.94. The predicted molar refractivity (Wildman–Crippen MR) is 110 cm³/mol. The van der Waals surface area contributed by atoms with E-state index in [1.807, 2.05) is 0 Å². The molecule has 31 heavy (non-hydrogen) atoms. The Labute approximate surface area is 179 Å². The molecule has 0 radical (unpaired) electrons. The average Bonchev–Trinajstić information content (AvgIpc) is 2.77. The van der Waals surface area contributed by atoms with Gasteiger partial charge in [0.05, 0.1) is 0 Å². The zero-order chi connectivity index (χ0) is 22.3. The van der Waals surface area contributed by atoms with Crippen molar-refractivity contribution in [2.75, 3.05) is 6.54 Å². The molecule has 0 aliphatic heterocycles. The fourth-order valence-electron chi connectivity index (χ4n) is 3.95. The van der Waals surface area contributed by atoms with Crippen molar-refractivity contribution in [3.05, 3.63) is 66.0 Å². The van der Waals surface area contributed by atoms with E-state index in [2.05, 4.69) is 10.3 Å². The van der Waals surface area contributed by atoms with E-state index >= 15 is 0 Å². The largest absolute Gasteiger partial charge is 0.471 e. The van der Waals surface area contributed by atoms with E-state index < -0.39 is 24.0 Å². The average molecular weight is 433 g/mol. The van der Waals surface area contributed by atoms with Gasteiger partial charge in [-0.3, -0.25) is 14.6 Å². The van der Waals surface area contributed by atoms with E-state index in [4.69, 9.17) is 0 Å². The SMILES string of the molecule is O=C(NC1CCCCC1)[C@@H](c1ccncc1)N(CCc1ccccc1)C(=O)C(F)(F)F. The monoisotopic (exact) mass is 433 g/mol. The van der Waals surface area contributed by atoms with E-state index in [0.717, 1.165) is 37.7 Å². The van der Waals surface area contributed by atoms with Gasteiger partial charge < -0.3 is 10.2 Å². The van der Waals surface area contributed by atoms with Crippen LogP contribution in [0.5, 0.6) is 0 Å². The molecule has 1 aliphatic rings. The molecule has 1 aromatic carbocycles. The molecule has 1 saturated carbocycles. The van der Waals surface area contributed by atoms with Gasteiger partial charge in [-0.1, -0.05) is 49.6 Å². The summed E-state index contributed by atoms with van der Waals surface area (Å²) in [6.45, 7) is -0.243. The normalized spacial score (nSPS) is 15.8. The lowest BCUT2D eigenvalue weighted by Gasteiger charge is -2.33. The molecule has 8 heteroatoms. The number of halogens is 3. The summed E-state index contributed by atoms with van der Waals surface area (Å²) >= 11 is 0. The minimum atomic E-state index is -5.09. The minimum absolute atomic E-state index is 0.0949. The van der Waals surface area contributed by atoms with Gasteiger partial charge in [-0.25, -0.2) is 0 Å². The van der Waals surface area contributed by atoms with E-state index in [-0.39, 0.29) is 19.0 Å². The molecule has 2 aromatic rings. The van der Waals surface area contributed by atoms with E-state index in [9.17, 15) is 22.8 Å².